The number of aliphatic hydroxyl groups is 1. The van der Waals surface area contributed by atoms with Crippen LogP contribution in [0.1, 0.15) is 70.6 Å². The fourth-order valence-corrected chi connectivity index (χ4v) is 4.51. The second-order valence-corrected chi connectivity index (χ2v) is 7.59. The van der Waals surface area contributed by atoms with Crippen LogP contribution in [-0.2, 0) is 4.79 Å². The molecule has 2 aliphatic carbocycles. The van der Waals surface area contributed by atoms with Crippen LogP contribution >= 0.6 is 0 Å². The maximum absolute atomic E-state index is 12.6. The van der Waals surface area contributed by atoms with Gasteiger partial charge in [-0.15, -0.1) is 0 Å². The molecule has 0 aromatic carbocycles. The Hall–Kier alpha value is -0.830. The molecule has 118 valence electrons. The molecule has 1 N–H and O–H groups in total. The molecule has 3 rings (SSSR count). The van der Waals surface area contributed by atoms with E-state index in [1.165, 1.54) is 19.3 Å². The maximum Gasteiger partial charge on any atom is 0.225 e. The smallest absolute Gasteiger partial charge is 0.225 e. The molecule has 1 saturated carbocycles. The predicted molar refractivity (Wildman–Crippen MR) is 83.9 cm³/mol. The maximum atomic E-state index is 12.6. The van der Waals surface area contributed by atoms with Gasteiger partial charge in [0.25, 0.3) is 0 Å². The van der Waals surface area contributed by atoms with Crippen LogP contribution in [0.2, 0.25) is 0 Å². The highest BCUT2D eigenvalue weighted by Crippen LogP contribution is 2.41. The van der Waals surface area contributed by atoms with Crippen LogP contribution in [0, 0.1) is 5.41 Å². The summed E-state index contributed by atoms with van der Waals surface area (Å²) in [4.78, 5) is 14.7. The zero-order valence-electron chi connectivity index (χ0n) is 13.1. The minimum atomic E-state index is -0.716. The number of hydrogen-bond donors (Lipinski definition) is 1. The lowest BCUT2D eigenvalue weighted by atomic mass is 9.71. The van der Waals surface area contributed by atoms with Gasteiger partial charge < -0.3 is 10.0 Å². The average Bonchev–Trinajstić information content (AvgIpc) is 2.48. The Kier molecular flexibility index (Phi) is 4.39. The van der Waals surface area contributed by atoms with Gasteiger partial charge in [0.15, 0.2) is 0 Å². The van der Waals surface area contributed by atoms with Crippen molar-refractivity contribution in [2.75, 3.05) is 13.1 Å². The van der Waals surface area contributed by atoms with Crippen LogP contribution < -0.4 is 0 Å². The third-order valence-corrected chi connectivity index (χ3v) is 5.84. The molecule has 0 bridgehead atoms. The number of hydrogen-bond acceptors (Lipinski definition) is 2. The molecule has 21 heavy (non-hydrogen) atoms. The van der Waals surface area contributed by atoms with Gasteiger partial charge in [-0.1, -0.05) is 31.4 Å². The SMILES string of the molecule is O=C(CC1(O)CCCCC1)N1CCCC2(CC=CCC2)C1. The molecule has 0 aromatic rings. The Morgan fingerprint density at radius 3 is 2.57 bits per heavy atom. The van der Waals surface area contributed by atoms with Crippen LogP contribution in [-0.4, -0.2) is 34.6 Å². The second kappa shape index (κ2) is 6.12. The summed E-state index contributed by atoms with van der Waals surface area (Å²) in [6.07, 6.45) is 15.8. The van der Waals surface area contributed by atoms with Crippen molar-refractivity contribution in [3.8, 4) is 0 Å². The van der Waals surface area contributed by atoms with Gasteiger partial charge in [-0.25, -0.2) is 0 Å². The zero-order chi connectivity index (χ0) is 14.8. The molecule has 1 heterocycles. The lowest BCUT2D eigenvalue weighted by molar-refractivity contribution is -0.141. The summed E-state index contributed by atoms with van der Waals surface area (Å²) in [5, 5.41) is 10.6. The molecule has 1 saturated heterocycles. The molecular weight excluding hydrogens is 262 g/mol. The fourth-order valence-electron chi connectivity index (χ4n) is 4.51. The Balaban J connectivity index is 1.60. The zero-order valence-corrected chi connectivity index (χ0v) is 13.1. The standard InChI is InChI=1S/C18H29NO2/c20-16(14-18(21)11-5-2-6-12-18)19-13-7-10-17(15-19)8-3-1-4-9-17/h1,3,21H,2,4-15H2. The number of carbonyl (C=O) groups excluding carboxylic acids is 1. The van der Waals surface area contributed by atoms with Gasteiger partial charge in [-0.05, 0) is 50.4 Å². The molecule has 3 aliphatic rings. The van der Waals surface area contributed by atoms with Crippen molar-refractivity contribution in [2.24, 2.45) is 5.41 Å². The van der Waals surface area contributed by atoms with Gasteiger partial charge >= 0.3 is 0 Å². The highest BCUT2D eigenvalue weighted by molar-refractivity contribution is 5.77. The van der Waals surface area contributed by atoms with E-state index < -0.39 is 5.60 Å². The topological polar surface area (TPSA) is 40.5 Å². The molecule has 0 aromatic heterocycles. The summed E-state index contributed by atoms with van der Waals surface area (Å²) in [7, 11) is 0. The lowest BCUT2D eigenvalue weighted by Crippen LogP contribution is -2.48. The van der Waals surface area contributed by atoms with Gasteiger partial charge in [-0.3, -0.25) is 4.79 Å². The second-order valence-electron chi connectivity index (χ2n) is 7.59. The molecule has 1 aliphatic heterocycles. The minimum absolute atomic E-state index is 0.188. The summed E-state index contributed by atoms with van der Waals surface area (Å²) in [5.74, 6) is 0.188. The van der Waals surface area contributed by atoms with Crippen molar-refractivity contribution in [3.05, 3.63) is 12.2 Å². The van der Waals surface area contributed by atoms with Gasteiger partial charge in [0.1, 0.15) is 0 Å². The van der Waals surface area contributed by atoms with Crippen LogP contribution in [0.15, 0.2) is 12.2 Å². The fraction of sp³-hybridized carbons (Fsp3) is 0.833. The first-order chi connectivity index (χ1) is 10.1. The van der Waals surface area contributed by atoms with Gasteiger partial charge in [0.05, 0.1) is 12.0 Å². The van der Waals surface area contributed by atoms with E-state index in [0.29, 0.717) is 11.8 Å². The molecule has 0 radical (unpaired) electrons. The molecule has 1 spiro atoms. The quantitative estimate of drug-likeness (QED) is 0.792. The highest BCUT2D eigenvalue weighted by atomic mass is 16.3. The molecule has 3 heteroatoms. The van der Waals surface area contributed by atoms with Crippen LogP contribution in [0.5, 0.6) is 0 Å². The first kappa shape index (κ1) is 15.1. The number of rotatable bonds is 2. The number of piperidine rings is 1. The van der Waals surface area contributed by atoms with E-state index in [-0.39, 0.29) is 5.91 Å². The normalized spacial score (nSPS) is 32.3. The van der Waals surface area contributed by atoms with Crippen molar-refractivity contribution in [2.45, 2.75) is 76.2 Å². The Bertz CT molecular complexity index is 411. The molecule has 1 amide bonds. The van der Waals surface area contributed by atoms with E-state index in [0.717, 1.165) is 58.0 Å². The van der Waals surface area contributed by atoms with E-state index in [9.17, 15) is 9.90 Å². The molecule has 1 atom stereocenters. The van der Waals surface area contributed by atoms with Crippen molar-refractivity contribution in [1.29, 1.82) is 0 Å². The molecule has 2 fully saturated rings. The number of likely N-dealkylation sites (tertiary alicyclic amines) is 1. The number of nitrogens with zero attached hydrogens (tertiary/aromatic N) is 1. The molecular formula is C18H29NO2. The van der Waals surface area contributed by atoms with Gasteiger partial charge in [-0.2, -0.15) is 0 Å². The Labute approximate surface area is 128 Å². The molecule has 1 unspecified atom stereocenters. The van der Waals surface area contributed by atoms with Crippen molar-refractivity contribution in [3.63, 3.8) is 0 Å². The van der Waals surface area contributed by atoms with Crippen LogP contribution in [0.25, 0.3) is 0 Å². The number of allylic oxidation sites excluding steroid dienone is 2. The third-order valence-electron chi connectivity index (χ3n) is 5.84. The minimum Gasteiger partial charge on any atom is -0.389 e. The third kappa shape index (κ3) is 3.50. The van der Waals surface area contributed by atoms with E-state index in [4.69, 9.17) is 0 Å². The van der Waals surface area contributed by atoms with E-state index >= 15 is 0 Å². The van der Waals surface area contributed by atoms with Crippen LogP contribution in [0.4, 0.5) is 0 Å². The van der Waals surface area contributed by atoms with E-state index in [1.807, 2.05) is 0 Å². The summed E-state index contributed by atoms with van der Waals surface area (Å²) >= 11 is 0. The highest BCUT2D eigenvalue weighted by Gasteiger charge is 2.39. The van der Waals surface area contributed by atoms with Crippen molar-refractivity contribution in [1.82, 2.24) is 4.90 Å². The Morgan fingerprint density at radius 2 is 1.86 bits per heavy atom. The largest absolute Gasteiger partial charge is 0.389 e. The van der Waals surface area contributed by atoms with Gasteiger partial charge in [0.2, 0.25) is 5.91 Å². The Morgan fingerprint density at radius 1 is 1.05 bits per heavy atom. The summed E-state index contributed by atoms with van der Waals surface area (Å²) in [6, 6.07) is 0. The number of amides is 1. The van der Waals surface area contributed by atoms with Crippen molar-refractivity contribution >= 4 is 5.91 Å². The summed E-state index contributed by atoms with van der Waals surface area (Å²) in [6.45, 7) is 1.80. The predicted octanol–water partition coefficient (Wildman–Crippen LogP) is 3.42. The first-order valence-electron chi connectivity index (χ1n) is 8.76. The van der Waals surface area contributed by atoms with E-state index in [1.54, 1.807) is 0 Å². The first-order valence-corrected chi connectivity index (χ1v) is 8.76. The van der Waals surface area contributed by atoms with Crippen LogP contribution in [0.3, 0.4) is 0 Å². The van der Waals surface area contributed by atoms with Gasteiger partial charge in [0, 0.05) is 13.1 Å². The lowest BCUT2D eigenvalue weighted by Gasteiger charge is -2.45. The summed E-state index contributed by atoms with van der Waals surface area (Å²) < 4.78 is 0. The van der Waals surface area contributed by atoms with Crippen molar-refractivity contribution < 1.29 is 9.90 Å². The average molecular weight is 291 g/mol. The molecule has 3 nitrogen and oxygen atoms in total. The number of carbonyl (C=O) groups is 1. The monoisotopic (exact) mass is 291 g/mol. The summed E-state index contributed by atoms with van der Waals surface area (Å²) in [5.41, 5.74) is -0.385. The van der Waals surface area contributed by atoms with E-state index in [2.05, 4.69) is 17.1 Å².